The van der Waals surface area contributed by atoms with Gasteiger partial charge in [0.25, 0.3) is 0 Å². The van der Waals surface area contributed by atoms with E-state index in [0.29, 0.717) is 0 Å². The standard InChI is InChI=1S/C15H23FN2/c1-12(14-6-3-7-15(16)9-14)17-10-13-5-4-8-18(2)11-13/h3,6-7,9,12-13,17H,4-5,8,10-11H2,1-2H3/t12-,13?/m0/s1. The number of hydrogen-bond acceptors (Lipinski definition) is 2. The normalized spacial score (nSPS) is 22.9. The van der Waals surface area contributed by atoms with Gasteiger partial charge in [-0.2, -0.15) is 0 Å². The van der Waals surface area contributed by atoms with Gasteiger partial charge in [0.15, 0.2) is 0 Å². The Labute approximate surface area is 109 Å². The van der Waals surface area contributed by atoms with Crippen LogP contribution in [0.4, 0.5) is 4.39 Å². The van der Waals surface area contributed by atoms with Gasteiger partial charge in [-0.3, -0.25) is 0 Å². The molecule has 3 heteroatoms. The lowest BCUT2D eigenvalue weighted by atomic mass is 9.97. The first-order valence-corrected chi connectivity index (χ1v) is 6.82. The molecule has 1 N–H and O–H groups in total. The highest BCUT2D eigenvalue weighted by Gasteiger charge is 2.17. The Balaban J connectivity index is 1.82. The largest absolute Gasteiger partial charge is 0.310 e. The molecule has 1 aromatic carbocycles. The van der Waals surface area contributed by atoms with E-state index in [2.05, 4.69) is 24.2 Å². The summed E-state index contributed by atoms with van der Waals surface area (Å²) in [6.45, 7) is 5.50. The van der Waals surface area contributed by atoms with E-state index in [4.69, 9.17) is 0 Å². The molecule has 2 atom stereocenters. The van der Waals surface area contributed by atoms with Gasteiger partial charge < -0.3 is 10.2 Å². The van der Waals surface area contributed by atoms with Crippen molar-refractivity contribution in [2.24, 2.45) is 5.92 Å². The van der Waals surface area contributed by atoms with Gasteiger partial charge >= 0.3 is 0 Å². The molecule has 1 aromatic rings. The molecule has 1 saturated heterocycles. The molecule has 2 rings (SSSR count). The molecule has 100 valence electrons. The lowest BCUT2D eigenvalue weighted by molar-refractivity contribution is 0.203. The number of likely N-dealkylation sites (tertiary alicyclic amines) is 1. The number of nitrogens with zero attached hydrogens (tertiary/aromatic N) is 1. The summed E-state index contributed by atoms with van der Waals surface area (Å²) in [6.07, 6.45) is 2.59. The molecular weight excluding hydrogens is 227 g/mol. The van der Waals surface area contributed by atoms with E-state index in [1.807, 2.05) is 6.07 Å². The summed E-state index contributed by atoms with van der Waals surface area (Å²) in [6, 6.07) is 7.08. The van der Waals surface area contributed by atoms with E-state index in [0.717, 1.165) is 18.0 Å². The highest BCUT2D eigenvalue weighted by atomic mass is 19.1. The van der Waals surface area contributed by atoms with Gasteiger partial charge in [-0.05, 0) is 63.5 Å². The van der Waals surface area contributed by atoms with Gasteiger partial charge in [-0.1, -0.05) is 12.1 Å². The molecule has 0 saturated carbocycles. The van der Waals surface area contributed by atoms with Crippen molar-refractivity contribution in [3.05, 3.63) is 35.6 Å². The minimum Gasteiger partial charge on any atom is -0.310 e. The van der Waals surface area contributed by atoms with E-state index in [1.54, 1.807) is 12.1 Å². The van der Waals surface area contributed by atoms with Crippen molar-refractivity contribution in [2.75, 3.05) is 26.7 Å². The zero-order valence-electron chi connectivity index (χ0n) is 11.3. The summed E-state index contributed by atoms with van der Waals surface area (Å²) < 4.78 is 13.1. The molecule has 1 unspecified atom stereocenters. The Morgan fingerprint density at radius 1 is 1.50 bits per heavy atom. The Bertz CT molecular complexity index is 381. The maximum atomic E-state index is 13.1. The lowest BCUT2D eigenvalue weighted by Crippen LogP contribution is -2.37. The fraction of sp³-hybridized carbons (Fsp3) is 0.600. The van der Waals surface area contributed by atoms with Gasteiger partial charge in [0.1, 0.15) is 5.82 Å². The number of piperidine rings is 1. The van der Waals surface area contributed by atoms with Crippen LogP contribution in [0.5, 0.6) is 0 Å². The van der Waals surface area contributed by atoms with Crippen molar-refractivity contribution in [3.63, 3.8) is 0 Å². The first-order valence-electron chi connectivity index (χ1n) is 6.82. The third-order valence-electron chi connectivity index (χ3n) is 3.78. The van der Waals surface area contributed by atoms with Crippen molar-refractivity contribution in [1.82, 2.24) is 10.2 Å². The zero-order chi connectivity index (χ0) is 13.0. The average Bonchev–Trinajstić information content (AvgIpc) is 2.36. The van der Waals surface area contributed by atoms with Crippen LogP contribution < -0.4 is 5.32 Å². The molecule has 1 fully saturated rings. The van der Waals surface area contributed by atoms with Crippen LogP contribution in [0.3, 0.4) is 0 Å². The van der Waals surface area contributed by atoms with Crippen LogP contribution in [0, 0.1) is 11.7 Å². The van der Waals surface area contributed by atoms with Crippen molar-refractivity contribution < 1.29 is 4.39 Å². The maximum absolute atomic E-state index is 13.1. The van der Waals surface area contributed by atoms with Crippen LogP contribution in [0.15, 0.2) is 24.3 Å². The second kappa shape index (κ2) is 6.30. The summed E-state index contributed by atoms with van der Waals surface area (Å²) in [4.78, 5) is 2.39. The molecule has 0 aromatic heterocycles. The molecule has 0 radical (unpaired) electrons. The minimum absolute atomic E-state index is 0.154. The molecule has 0 spiro atoms. The van der Waals surface area contributed by atoms with Crippen molar-refractivity contribution >= 4 is 0 Å². The number of rotatable bonds is 4. The SMILES string of the molecule is C[C@H](NCC1CCCN(C)C1)c1cccc(F)c1. The molecule has 1 aliphatic heterocycles. The smallest absolute Gasteiger partial charge is 0.123 e. The van der Waals surface area contributed by atoms with Crippen LogP contribution in [0.25, 0.3) is 0 Å². The van der Waals surface area contributed by atoms with E-state index in [1.165, 1.54) is 32.0 Å². The Morgan fingerprint density at radius 2 is 2.33 bits per heavy atom. The van der Waals surface area contributed by atoms with Crippen LogP contribution in [0.2, 0.25) is 0 Å². The molecule has 18 heavy (non-hydrogen) atoms. The van der Waals surface area contributed by atoms with Gasteiger partial charge in [0.05, 0.1) is 0 Å². The van der Waals surface area contributed by atoms with E-state index >= 15 is 0 Å². The van der Waals surface area contributed by atoms with Crippen molar-refractivity contribution in [3.8, 4) is 0 Å². The monoisotopic (exact) mass is 250 g/mol. The van der Waals surface area contributed by atoms with Gasteiger partial charge in [0.2, 0.25) is 0 Å². The lowest BCUT2D eigenvalue weighted by Gasteiger charge is -2.30. The van der Waals surface area contributed by atoms with Crippen LogP contribution in [-0.2, 0) is 0 Å². The van der Waals surface area contributed by atoms with Crippen molar-refractivity contribution in [1.29, 1.82) is 0 Å². The molecule has 0 aliphatic carbocycles. The molecule has 1 aliphatic rings. The number of nitrogens with one attached hydrogen (secondary N) is 1. The third-order valence-corrected chi connectivity index (χ3v) is 3.78. The fourth-order valence-corrected chi connectivity index (χ4v) is 2.68. The van der Waals surface area contributed by atoms with Gasteiger partial charge in [0, 0.05) is 12.6 Å². The molecular formula is C15H23FN2. The quantitative estimate of drug-likeness (QED) is 0.884. The van der Waals surface area contributed by atoms with Crippen LogP contribution in [-0.4, -0.2) is 31.6 Å². The van der Waals surface area contributed by atoms with E-state index in [-0.39, 0.29) is 11.9 Å². The summed E-state index contributed by atoms with van der Waals surface area (Å²) in [5, 5.41) is 3.52. The second-order valence-corrected chi connectivity index (χ2v) is 5.46. The summed E-state index contributed by atoms with van der Waals surface area (Å²) in [5.41, 5.74) is 1.03. The minimum atomic E-state index is -0.154. The predicted molar refractivity (Wildman–Crippen MR) is 73.0 cm³/mol. The number of benzene rings is 1. The summed E-state index contributed by atoms with van der Waals surface area (Å²) in [5.74, 6) is 0.568. The van der Waals surface area contributed by atoms with Crippen LogP contribution >= 0.6 is 0 Å². The number of hydrogen-bond donors (Lipinski definition) is 1. The van der Waals surface area contributed by atoms with Gasteiger partial charge in [-0.25, -0.2) is 4.39 Å². The maximum Gasteiger partial charge on any atom is 0.123 e. The molecule has 1 heterocycles. The highest BCUT2D eigenvalue weighted by molar-refractivity contribution is 5.19. The zero-order valence-corrected chi connectivity index (χ0v) is 11.3. The fourth-order valence-electron chi connectivity index (χ4n) is 2.68. The average molecular weight is 250 g/mol. The van der Waals surface area contributed by atoms with Gasteiger partial charge in [-0.15, -0.1) is 0 Å². The summed E-state index contributed by atoms with van der Waals surface area (Å²) in [7, 11) is 2.18. The molecule has 0 bridgehead atoms. The molecule has 0 amide bonds. The van der Waals surface area contributed by atoms with Crippen LogP contribution in [0.1, 0.15) is 31.4 Å². The summed E-state index contributed by atoms with van der Waals surface area (Å²) >= 11 is 0. The number of halogens is 1. The second-order valence-electron chi connectivity index (χ2n) is 5.46. The first-order chi connectivity index (χ1) is 8.65. The molecule has 2 nitrogen and oxygen atoms in total. The Kier molecular flexibility index (Phi) is 4.72. The first kappa shape index (κ1) is 13.5. The third kappa shape index (κ3) is 3.79. The van der Waals surface area contributed by atoms with E-state index < -0.39 is 0 Å². The Hall–Kier alpha value is -0.930. The topological polar surface area (TPSA) is 15.3 Å². The predicted octanol–water partition coefficient (Wildman–Crippen LogP) is 2.82. The Morgan fingerprint density at radius 3 is 3.06 bits per heavy atom. The van der Waals surface area contributed by atoms with Crippen molar-refractivity contribution in [2.45, 2.75) is 25.8 Å². The van der Waals surface area contributed by atoms with E-state index in [9.17, 15) is 4.39 Å². The highest BCUT2D eigenvalue weighted by Crippen LogP contribution is 2.17.